The number of hydrogen-bond donors (Lipinski definition) is 2. The molecule has 0 unspecified atom stereocenters. The highest BCUT2D eigenvalue weighted by Gasteiger charge is 2.07. The number of para-hydroxylation sites is 2. The molecule has 0 atom stereocenters. The van der Waals surface area contributed by atoms with Crippen LogP contribution in [0.1, 0.15) is 5.82 Å². The van der Waals surface area contributed by atoms with Crippen molar-refractivity contribution in [2.45, 2.75) is 13.1 Å². The first kappa shape index (κ1) is 18.3. The van der Waals surface area contributed by atoms with Crippen molar-refractivity contribution >= 4 is 41.0 Å². The molecule has 0 spiro atoms. The molecule has 0 amide bonds. The molecule has 0 saturated carbocycles. The van der Waals surface area contributed by atoms with E-state index >= 15 is 0 Å². The summed E-state index contributed by atoms with van der Waals surface area (Å²) < 4.78 is 4.24. The minimum absolute atomic E-state index is 0. The van der Waals surface area contributed by atoms with E-state index in [4.69, 9.17) is 0 Å². The van der Waals surface area contributed by atoms with Crippen LogP contribution in [0.15, 0.2) is 53.8 Å². The third-order valence-corrected chi connectivity index (χ3v) is 3.85. The summed E-state index contributed by atoms with van der Waals surface area (Å²) in [6.45, 7) is 2.35. The molecule has 0 fully saturated rings. The molecule has 0 radical (unpaired) electrons. The second-order valence-corrected chi connectivity index (χ2v) is 5.35. The molecule has 0 aliphatic rings. The van der Waals surface area contributed by atoms with Crippen LogP contribution in [0.2, 0.25) is 0 Å². The Morgan fingerprint density at radius 3 is 2.58 bits per heavy atom. The van der Waals surface area contributed by atoms with Crippen molar-refractivity contribution in [2.75, 3.05) is 13.6 Å². The minimum Gasteiger partial charge on any atom is -0.355 e. The van der Waals surface area contributed by atoms with E-state index in [0.717, 1.165) is 35.9 Å². The van der Waals surface area contributed by atoms with E-state index in [0.29, 0.717) is 6.54 Å². The Hall–Kier alpha value is -2.03. The molecule has 0 aliphatic heterocycles. The maximum absolute atomic E-state index is 4.65. The molecule has 128 valence electrons. The van der Waals surface area contributed by atoms with Gasteiger partial charge in [-0.05, 0) is 24.3 Å². The maximum Gasteiger partial charge on any atom is 0.191 e. The monoisotopic (exact) mass is 438 g/mol. The van der Waals surface area contributed by atoms with Crippen LogP contribution in [0.25, 0.3) is 11.0 Å². The molecule has 7 heteroatoms. The van der Waals surface area contributed by atoms with Crippen molar-refractivity contribution in [1.82, 2.24) is 24.8 Å². The summed E-state index contributed by atoms with van der Waals surface area (Å²) in [7, 11) is 3.81. The fourth-order valence-corrected chi connectivity index (χ4v) is 2.56. The normalized spacial score (nSPS) is 11.3. The van der Waals surface area contributed by atoms with E-state index in [1.165, 1.54) is 0 Å². The summed E-state index contributed by atoms with van der Waals surface area (Å²) in [6.07, 6.45) is 4.11. The predicted octanol–water partition coefficient (Wildman–Crippen LogP) is 2.36. The standard InChI is InChI=1S/C17H22N6.HI/c1-18-17(19-9-12-23-10-5-6-11-23)20-13-16-21-14-7-3-4-8-15(14)22(16)2;/h3-8,10-11H,9,12-13H2,1-2H3,(H2,18,19,20);1H. The number of hydrogen-bond acceptors (Lipinski definition) is 2. The van der Waals surface area contributed by atoms with Crippen LogP contribution in [0.4, 0.5) is 0 Å². The van der Waals surface area contributed by atoms with Crippen molar-refractivity contribution in [3.05, 3.63) is 54.6 Å². The highest BCUT2D eigenvalue weighted by molar-refractivity contribution is 14.0. The lowest BCUT2D eigenvalue weighted by Crippen LogP contribution is -2.38. The van der Waals surface area contributed by atoms with Crippen LogP contribution in [0, 0.1) is 0 Å². The number of nitrogens with one attached hydrogen (secondary N) is 2. The molecule has 0 aliphatic carbocycles. The van der Waals surface area contributed by atoms with E-state index in [1.807, 2.05) is 37.4 Å². The molecule has 2 aromatic heterocycles. The van der Waals surface area contributed by atoms with Crippen molar-refractivity contribution in [2.24, 2.45) is 12.0 Å². The highest BCUT2D eigenvalue weighted by Crippen LogP contribution is 2.13. The number of aryl methyl sites for hydroxylation is 1. The molecular formula is C17H23IN6. The molecular weight excluding hydrogens is 415 g/mol. The highest BCUT2D eigenvalue weighted by atomic mass is 127. The van der Waals surface area contributed by atoms with Gasteiger partial charge in [-0.1, -0.05) is 12.1 Å². The number of nitrogens with zero attached hydrogens (tertiary/aromatic N) is 4. The van der Waals surface area contributed by atoms with Gasteiger partial charge < -0.3 is 19.8 Å². The largest absolute Gasteiger partial charge is 0.355 e. The van der Waals surface area contributed by atoms with E-state index in [9.17, 15) is 0 Å². The Bertz CT molecular complexity index is 791. The number of rotatable bonds is 5. The predicted molar refractivity (Wildman–Crippen MR) is 109 cm³/mol. The Labute approximate surface area is 159 Å². The van der Waals surface area contributed by atoms with Crippen LogP contribution in [0.3, 0.4) is 0 Å². The van der Waals surface area contributed by atoms with Crippen molar-refractivity contribution in [3.63, 3.8) is 0 Å². The van der Waals surface area contributed by atoms with Gasteiger partial charge in [-0.15, -0.1) is 24.0 Å². The second-order valence-electron chi connectivity index (χ2n) is 5.35. The van der Waals surface area contributed by atoms with Crippen molar-refractivity contribution in [1.29, 1.82) is 0 Å². The zero-order chi connectivity index (χ0) is 16.1. The lowest BCUT2D eigenvalue weighted by molar-refractivity contribution is 0.660. The molecule has 2 heterocycles. The smallest absolute Gasteiger partial charge is 0.191 e. The van der Waals surface area contributed by atoms with Gasteiger partial charge in [0.1, 0.15) is 5.82 Å². The number of halogens is 1. The maximum atomic E-state index is 4.65. The number of guanidine groups is 1. The van der Waals surface area contributed by atoms with Gasteiger partial charge in [0.15, 0.2) is 5.96 Å². The number of imidazole rings is 1. The lowest BCUT2D eigenvalue weighted by Gasteiger charge is -2.12. The number of benzene rings is 1. The quantitative estimate of drug-likeness (QED) is 0.366. The van der Waals surface area contributed by atoms with Gasteiger partial charge in [-0.25, -0.2) is 4.98 Å². The molecule has 3 aromatic rings. The van der Waals surface area contributed by atoms with Gasteiger partial charge in [0.2, 0.25) is 0 Å². The number of aliphatic imine (C=N–C) groups is 1. The topological polar surface area (TPSA) is 59.2 Å². The third kappa shape index (κ3) is 4.28. The fraction of sp³-hybridized carbons (Fsp3) is 0.294. The summed E-state index contributed by atoms with van der Waals surface area (Å²) in [4.78, 5) is 8.91. The zero-order valence-corrected chi connectivity index (χ0v) is 16.3. The SMILES string of the molecule is CN=C(NCCn1cccc1)NCc1nc2ccccc2n1C.I. The summed E-state index contributed by atoms with van der Waals surface area (Å²) in [6, 6.07) is 12.2. The molecule has 24 heavy (non-hydrogen) atoms. The summed E-state index contributed by atoms with van der Waals surface area (Å²) in [5.74, 6) is 1.77. The van der Waals surface area contributed by atoms with Gasteiger partial charge in [0, 0.05) is 39.6 Å². The van der Waals surface area contributed by atoms with E-state index in [1.54, 1.807) is 7.05 Å². The number of fused-ring (bicyclic) bond motifs is 1. The van der Waals surface area contributed by atoms with Gasteiger partial charge in [0.25, 0.3) is 0 Å². The van der Waals surface area contributed by atoms with Crippen LogP contribution in [-0.4, -0.2) is 33.7 Å². The fourth-order valence-electron chi connectivity index (χ4n) is 2.56. The van der Waals surface area contributed by atoms with E-state index < -0.39 is 0 Å². The van der Waals surface area contributed by atoms with Gasteiger partial charge in [-0.2, -0.15) is 0 Å². The molecule has 6 nitrogen and oxygen atoms in total. The van der Waals surface area contributed by atoms with Crippen LogP contribution in [0.5, 0.6) is 0 Å². The summed E-state index contributed by atoms with van der Waals surface area (Å²) in [5, 5.41) is 6.63. The van der Waals surface area contributed by atoms with E-state index in [-0.39, 0.29) is 24.0 Å². The van der Waals surface area contributed by atoms with Crippen molar-refractivity contribution < 1.29 is 0 Å². The van der Waals surface area contributed by atoms with Gasteiger partial charge in [0.05, 0.1) is 17.6 Å². The Morgan fingerprint density at radius 2 is 1.88 bits per heavy atom. The van der Waals surface area contributed by atoms with E-state index in [2.05, 4.69) is 48.2 Å². The minimum atomic E-state index is 0. The molecule has 0 bridgehead atoms. The first-order chi connectivity index (χ1) is 11.3. The zero-order valence-electron chi connectivity index (χ0n) is 13.9. The number of aromatic nitrogens is 3. The first-order valence-electron chi connectivity index (χ1n) is 7.73. The van der Waals surface area contributed by atoms with Gasteiger partial charge in [-0.3, -0.25) is 4.99 Å². The van der Waals surface area contributed by atoms with Crippen LogP contribution >= 0.6 is 24.0 Å². The third-order valence-electron chi connectivity index (χ3n) is 3.85. The molecule has 3 rings (SSSR count). The van der Waals surface area contributed by atoms with Gasteiger partial charge >= 0.3 is 0 Å². The first-order valence-corrected chi connectivity index (χ1v) is 7.73. The Morgan fingerprint density at radius 1 is 1.12 bits per heavy atom. The summed E-state index contributed by atoms with van der Waals surface area (Å²) >= 11 is 0. The second kappa shape index (κ2) is 8.72. The summed E-state index contributed by atoms with van der Waals surface area (Å²) in [5.41, 5.74) is 2.15. The molecule has 0 saturated heterocycles. The Kier molecular flexibility index (Phi) is 6.65. The lowest BCUT2D eigenvalue weighted by atomic mass is 10.3. The van der Waals surface area contributed by atoms with Crippen LogP contribution < -0.4 is 10.6 Å². The Balaban J connectivity index is 0.00000208. The van der Waals surface area contributed by atoms with Crippen LogP contribution in [-0.2, 0) is 20.1 Å². The molecule has 1 aromatic carbocycles. The average molecular weight is 438 g/mol. The average Bonchev–Trinajstić information content (AvgIpc) is 3.19. The van der Waals surface area contributed by atoms with Crippen molar-refractivity contribution in [3.8, 4) is 0 Å². The molecule has 2 N–H and O–H groups in total.